The van der Waals surface area contributed by atoms with Crippen LogP contribution in [0.25, 0.3) is 0 Å². The van der Waals surface area contributed by atoms with Crippen LogP contribution in [-0.4, -0.2) is 16.1 Å². The molecular weight excluding hydrogens is 248 g/mol. The van der Waals surface area contributed by atoms with Crippen LogP contribution in [0.15, 0.2) is 12.2 Å². The van der Waals surface area contributed by atoms with Gasteiger partial charge < -0.3 is 0 Å². The molecule has 0 heterocycles. The second-order valence-corrected chi connectivity index (χ2v) is 17.1. The van der Waals surface area contributed by atoms with Crippen molar-refractivity contribution in [3.8, 4) is 0 Å². The molecule has 0 aliphatic carbocycles. The molecule has 18 heavy (non-hydrogen) atoms. The van der Waals surface area contributed by atoms with E-state index in [0.29, 0.717) is 0 Å². The van der Waals surface area contributed by atoms with Crippen LogP contribution in [0, 0.1) is 0 Å². The van der Waals surface area contributed by atoms with Crippen molar-refractivity contribution in [2.75, 3.05) is 0 Å². The fraction of sp³-hybridized carbons (Fsp3) is 0.875. The van der Waals surface area contributed by atoms with Gasteiger partial charge in [0, 0.05) is 0 Å². The Hall–Kier alpha value is 0.174. The molecule has 0 aromatic rings. The molecule has 0 saturated heterocycles. The molecule has 0 aromatic heterocycles. The van der Waals surface area contributed by atoms with E-state index in [-0.39, 0.29) is 0 Å². The predicted molar refractivity (Wildman–Crippen MR) is 93.1 cm³/mol. The van der Waals surface area contributed by atoms with Gasteiger partial charge in [-0.25, -0.2) is 0 Å². The van der Waals surface area contributed by atoms with Crippen LogP contribution < -0.4 is 0 Å². The second-order valence-electron chi connectivity index (χ2n) is 6.00. The molecule has 108 valence electrons. The summed E-state index contributed by atoms with van der Waals surface area (Å²) < 4.78 is 0. The van der Waals surface area contributed by atoms with Crippen LogP contribution in [0.5, 0.6) is 0 Å². The molecule has 0 atom stereocenters. The summed E-state index contributed by atoms with van der Waals surface area (Å²) in [4.78, 5) is 0. The van der Waals surface area contributed by atoms with E-state index < -0.39 is 16.1 Å². The Morgan fingerprint density at radius 3 is 0.889 bits per heavy atom. The van der Waals surface area contributed by atoms with Crippen LogP contribution in [0.1, 0.15) is 41.5 Å². The van der Waals surface area contributed by atoms with Crippen LogP contribution in [0.4, 0.5) is 0 Å². The zero-order valence-corrected chi connectivity index (χ0v) is 15.8. The second kappa shape index (κ2) is 9.14. The maximum Gasteiger partial charge on any atom is 0.0565 e. The number of allylic oxidation sites excluding steroid dienone is 2. The monoisotopic (exact) mass is 284 g/mol. The van der Waals surface area contributed by atoms with Gasteiger partial charge in [0.05, 0.1) is 16.1 Å². The lowest BCUT2D eigenvalue weighted by atomic mass is 10.6. The smallest absolute Gasteiger partial charge is 0.0565 e. The molecule has 0 spiro atoms. The van der Waals surface area contributed by atoms with Crippen molar-refractivity contribution in [3.05, 3.63) is 12.2 Å². The average molecular weight is 285 g/mol. The first-order valence-electron chi connectivity index (χ1n) is 8.22. The highest BCUT2D eigenvalue weighted by molar-refractivity contribution is 6.80. The minimum absolute atomic E-state index is 0.916. The van der Waals surface area contributed by atoms with Crippen molar-refractivity contribution in [1.82, 2.24) is 0 Å². The lowest BCUT2D eigenvalue weighted by molar-refractivity contribution is 1.13. The molecule has 0 aliphatic rings. The van der Waals surface area contributed by atoms with Crippen molar-refractivity contribution in [3.63, 3.8) is 0 Å². The summed E-state index contributed by atoms with van der Waals surface area (Å²) in [5.41, 5.74) is 0. The number of hydrogen-bond donors (Lipinski definition) is 0. The highest BCUT2D eigenvalue weighted by atomic mass is 28.3. The van der Waals surface area contributed by atoms with Crippen LogP contribution in [-0.2, 0) is 0 Å². The summed E-state index contributed by atoms with van der Waals surface area (Å²) in [7, 11) is -1.83. The molecular formula is C16H36Si2. The quantitative estimate of drug-likeness (QED) is 0.315. The average Bonchev–Trinajstić information content (AvgIpc) is 2.45. The molecule has 0 radical (unpaired) electrons. The summed E-state index contributed by atoms with van der Waals surface area (Å²) in [6, 6.07) is 11.6. The zero-order chi connectivity index (χ0) is 14.1. The molecule has 0 nitrogen and oxygen atoms in total. The molecule has 0 N–H and O–H groups in total. The Morgan fingerprint density at radius 2 is 0.722 bits per heavy atom. The van der Waals surface area contributed by atoms with Gasteiger partial charge in [-0.2, -0.15) is 0 Å². The highest BCUT2D eigenvalue weighted by Gasteiger charge is 2.26. The first-order chi connectivity index (χ1) is 8.57. The van der Waals surface area contributed by atoms with Gasteiger partial charge in [-0.3, -0.25) is 0 Å². The van der Waals surface area contributed by atoms with E-state index in [1.165, 1.54) is 48.4 Å². The van der Waals surface area contributed by atoms with Crippen LogP contribution >= 0.6 is 0 Å². The fourth-order valence-corrected chi connectivity index (χ4v) is 9.10. The lowest BCUT2D eigenvalue weighted by Gasteiger charge is -2.28. The predicted octanol–water partition coefficient (Wildman–Crippen LogP) is 6.56. The van der Waals surface area contributed by atoms with E-state index in [2.05, 4.69) is 53.7 Å². The normalized spacial score (nSPS) is 13.4. The van der Waals surface area contributed by atoms with E-state index in [0.717, 1.165) is 0 Å². The van der Waals surface area contributed by atoms with Gasteiger partial charge in [0.1, 0.15) is 0 Å². The van der Waals surface area contributed by atoms with E-state index in [4.69, 9.17) is 0 Å². The summed E-state index contributed by atoms with van der Waals surface area (Å²) in [5.74, 6) is 0. The molecule has 0 amide bonds. The summed E-state index contributed by atoms with van der Waals surface area (Å²) in [6.07, 6.45) is 5.12. The SMILES string of the molecule is CC[Si](CC)(CC)C/C=C\C[Si](CC)(CC)CC. The molecule has 0 unspecified atom stereocenters. The van der Waals surface area contributed by atoms with Gasteiger partial charge in [0.2, 0.25) is 0 Å². The first-order valence-corrected chi connectivity index (χ1v) is 13.9. The minimum Gasteiger partial charge on any atom is -0.0915 e. The summed E-state index contributed by atoms with van der Waals surface area (Å²) >= 11 is 0. The van der Waals surface area contributed by atoms with Crippen molar-refractivity contribution in [2.24, 2.45) is 0 Å². The minimum atomic E-state index is -0.916. The van der Waals surface area contributed by atoms with Crippen molar-refractivity contribution in [1.29, 1.82) is 0 Å². The topological polar surface area (TPSA) is 0 Å². The third-order valence-electron chi connectivity index (χ3n) is 5.77. The molecule has 0 aromatic carbocycles. The largest absolute Gasteiger partial charge is 0.0915 e. The Kier molecular flexibility index (Phi) is 9.23. The van der Waals surface area contributed by atoms with Crippen LogP contribution in [0.3, 0.4) is 0 Å². The third-order valence-corrected chi connectivity index (χ3v) is 17.0. The molecule has 0 aliphatic heterocycles. The van der Waals surface area contributed by atoms with Gasteiger partial charge in [0.15, 0.2) is 0 Å². The molecule has 0 rings (SSSR count). The Bertz CT molecular complexity index is 185. The van der Waals surface area contributed by atoms with Gasteiger partial charge in [-0.05, 0) is 12.1 Å². The molecule has 0 saturated carbocycles. The van der Waals surface area contributed by atoms with E-state index in [1.807, 2.05) is 0 Å². The summed E-state index contributed by atoms with van der Waals surface area (Å²) in [6.45, 7) is 14.5. The maximum absolute atomic E-state index is 2.56. The maximum atomic E-state index is 2.56. The van der Waals surface area contributed by atoms with E-state index >= 15 is 0 Å². The standard InChI is InChI=1S/C16H36Si2/c1-7-17(8-2,9-3)15-13-14-16-18(10-4,11-5)12-6/h13-14H,7-12,15-16H2,1-6H3/b14-13-. The highest BCUT2D eigenvalue weighted by Crippen LogP contribution is 2.28. The van der Waals surface area contributed by atoms with E-state index in [9.17, 15) is 0 Å². The zero-order valence-electron chi connectivity index (χ0n) is 13.8. The summed E-state index contributed by atoms with van der Waals surface area (Å²) in [5, 5.41) is 0. The van der Waals surface area contributed by atoms with Gasteiger partial charge >= 0.3 is 0 Å². The third kappa shape index (κ3) is 5.04. The van der Waals surface area contributed by atoms with Crippen molar-refractivity contribution in [2.45, 2.75) is 89.9 Å². The Labute approximate surface area is 118 Å². The van der Waals surface area contributed by atoms with Crippen molar-refractivity contribution >= 4 is 16.1 Å². The lowest BCUT2D eigenvalue weighted by Crippen LogP contribution is -2.31. The molecule has 0 fully saturated rings. The molecule has 0 bridgehead atoms. The number of hydrogen-bond acceptors (Lipinski definition) is 0. The van der Waals surface area contributed by atoms with Gasteiger partial charge in [-0.15, -0.1) is 0 Å². The van der Waals surface area contributed by atoms with E-state index in [1.54, 1.807) is 0 Å². The Morgan fingerprint density at radius 1 is 0.500 bits per heavy atom. The van der Waals surface area contributed by atoms with Gasteiger partial charge in [0.25, 0.3) is 0 Å². The van der Waals surface area contributed by atoms with Gasteiger partial charge in [-0.1, -0.05) is 90.0 Å². The fourth-order valence-electron chi connectivity index (χ4n) is 3.03. The van der Waals surface area contributed by atoms with Crippen LogP contribution in [0.2, 0.25) is 48.4 Å². The van der Waals surface area contributed by atoms with Crippen molar-refractivity contribution < 1.29 is 0 Å². The molecule has 2 heteroatoms. The number of rotatable bonds is 10. The first kappa shape index (κ1) is 18.2. The Balaban J connectivity index is 4.40.